The second-order valence-corrected chi connectivity index (χ2v) is 5.02. The first-order valence-electron chi connectivity index (χ1n) is 5.18. The van der Waals surface area contributed by atoms with E-state index in [1.165, 1.54) is 0 Å². The van der Waals surface area contributed by atoms with E-state index in [0.717, 1.165) is 22.0 Å². The lowest BCUT2D eigenvalue weighted by molar-refractivity contribution is 0.392. The lowest BCUT2D eigenvalue weighted by atomic mass is 9.89. The van der Waals surface area contributed by atoms with Gasteiger partial charge in [-0.1, -0.05) is 37.0 Å². The van der Waals surface area contributed by atoms with Crippen LogP contribution in [0.25, 0.3) is 0 Å². The summed E-state index contributed by atoms with van der Waals surface area (Å²) in [4.78, 5) is 0. The fraction of sp³-hybridized carbons (Fsp3) is 0.500. The number of hydrogen-bond donors (Lipinski definition) is 1. The molecule has 1 nitrogen and oxygen atoms in total. The lowest BCUT2D eigenvalue weighted by Crippen LogP contribution is -2.22. The van der Waals surface area contributed by atoms with Gasteiger partial charge in [0.15, 0.2) is 0 Å². The Labute approximate surface area is 102 Å². The van der Waals surface area contributed by atoms with Crippen LogP contribution in [-0.4, -0.2) is 6.54 Å². The Kier molecular flexibility index (Phi) is 4.91. The number of hydrogen-bond acceptors (Lipinski definition) is 1. The maximum absolute atomic E-state index is 6.10. The van der Waals surface area contributed by atoms with Gasteiger partial charge >= 0.3 is 0 Å². The predicted octanol–water partition coefficient (Wildman–Crippen LogP) is 3.77. The molecule has 0 aliphatic carbocycles. The number of nitrogens with two attached hydrogens (primary N) is 1. The van der Waals surface area contributed by atoms with Gasteiger partial charge in [0.05, 0.1) is 0 Å². The highest BCUT2D eigenvalue weighted by atomic mass is 35.5. The molecule has 15 heavy (non-hydrogen) atoms. The fourth-order valence-electron chi connectivity index (χ4n) is 1.57. The molecule has 0 heterocycles. The van der Waals surface area contributed by atoms with Crippen LogP contribution in [0.3, 0.4) is 0 Å². The molecule has 3 heteroatoms. The molecule has 0 saturated heterocycles. The first kappa shape index (κ1) is 12.8. The molecule has 0 aliphatic rings. The van der Waals surface area contributed by atoms with Crippen LogP contribution in [0.15, 0.2) is 18.2 Å². The summed E-state index contributed by atoms with van der Waals surface area (Å²) in [6.45, 7) is 5.03. The van der Waals surface area contributed by atoms with Crippen molar-refractivity contribution < 1.29 is 0 Å². The number of rotatable bonds is 4. The highest BCUT2D eigenvalue weighted by molar-refractivity contribution is 6.33. The summed E-state index contributed by atoms with van der Waals surface area (Å²) in [6.07, 6.45) is 0.896. The summed E-state index contributed by atoms with van der Waals surface area (Å²) in [6, 6.07) is 5.57. The van der Waals surface area contributed by atoms with Crippen LogP contribution in [-0.2, 0) is 6.42 Å². The third-order valence-corrected chi connectivity index (χ3v) is 3.34. The van der Waals surface area contributed by atoms with Gasteiger partial charge in [-0.05, 0) is 48.6 Å². The van der Waals surface area contributed by atoms with Crippen molar-refractivity contribution in [3.63, 3.8) is 0 Å². The SMILES string of the molecule is CC(C)C(CN)Cc1cc(Cl)ccc1Cl. The summed E-state index contributed by atoms with van der Waals surface area (Å²) < 4.78 is 0. The zero-order chi connectivity index (χ0) is 11.4. The molecule has 1 aromatic carbocycles. The molecule has 0 saturated carbocycles. The van der Waals surface area contributed by atoms with E-state index >= 15 is 0 Å². The quantitative estimate of drug-likeness (QED) is 0.859. The topological polar surface area (TPSA) is 26.0 Å². The second kappa shape index (κ2) is 5.74. The second-order valence-electron chi connectivity index (χ2n) is 4.18. The van der Waals surface area contributed by atoms with Crippen molar-refractivity contribution in [3.8, 4) is 0 Å². The smallest absolute Gasteiger partial charge is 0.0439 e. The molecule has 0 aliphatic heterocycles. The zero-order valence-electron chi connectivity index (χ0n) is 9.13. The van der Waals surface area contributed by atoms with Crippen molar-refractivity contribution in [3.05, 3.63) is 33.8 Å². The van der Waals surface area contributed by atoms with Crippen molar-refractivity contribution in [1.29, 1.82) is 0 Å². The van der Waals surface area contributed by atoms with E-state index in [0.29, 0.717) is 18.4 Å². The van der Waals surface area contributed by atoms with Crippen LogP contribution in [0.2, 0.25) is 10.0 Å². The molecular weight excluding hydrogens is 229 g/mol. The number of benzene rings is 1. The minimum atomic E-state index is 0.459. The van der Waals surface area contributed by atoms with E-state index < -0.39 is 0 Å². The van der Waals surface area contributed by atoms with E-state index in [4.69, 9.17) is 28.9 Å². The van der Waals surface area contributed by atoms with Crippen LogP contribution >= 0.6 is 23.2 Å². The molecule has 2 N–H and O–H groups in total. The third kappa shape index (κ3) is 3.67. The lowest BCUT2D eigenvalue weighted by Gasteiger charge is -2.19. The van der Waals surface area contributed by atoms with Gasteiger partial charge in [-0.3, -0.25) is 0 Å². The van der Waals surface area contributed by atoms with Crippen LogP contribution in [0.4, 0.5) is 0 Å². The Bertz CT molecular complexity index is 323. The van der Waals surface area contributed by atoms with Crippen LogP contribution in [0.1, 0.15) is 19.4 Å². The fourth-order valence-corrected chi connectivity index (χ4v) is 1.96. The van der Waals surface area contributed by atoms with Gasteiger partial charge in [0.1, 0.15) is 0 Å². The van der Waals surface area contributed by atoms with Crippen LogP contribution in [0, 0.1) is 11.8 Å². The van der Waals surface area contributed by atoms with Gasteiger partial charge in [0.25, 0.3) is 0 Å². The van der Waals surface area contributed by atoms with Crippen LogP contribution < -0.4 is 5.73 Å². The van der Waals surface area contributed by atoms with Gasteiger partial charge in [0, 0.05) is 10.0 Å². The van der Waals surface area contributed by atoms with Crippen molar-refractivity contribution in [2.45, 2.75) is 20.3 Å². The first-order chi connectivity index (χ1) is 7.04. The molecule has 1 aromatic rings. The van der Waals surface area contributed by atoms with Gasteiger partial charge in [-0.2, -0.15) is 0 Å². The summed E-state index contributed by atoms with van der Waals surface area (Å²) in [5.41, 5.74) is 6.82. The van der Waals surface area contributed by atoms with E-state index in [1.54, 1.807) is 6.07 Å². The van der Waals surface area contributed by atoms with E-state index in [9.17, 15) is 0 Å². The van der Waals surface area contributed by atoms with E-state index in [2.05, 4.69) is 13.8 Å². The van der Waals surface area contributed by atoms with Gasteiger partial charge in [-0.25, -0.2) is 0 Å². The Morgan fingerprint density at radius 3 is 2.47 bits per heavy atom. The molecule has 0 aromatic heterocycles. The Morgan fingerprint density at radius 1 is 1.27 bits per heavy atom. The van der Waals surface area contributed by atoms with Crippen molar-refractivity contribution in [1.82, 2.24) is 0 Å². The van der Waals surface area contributed by atoms with Crippen LogP contribution in [0.5, 0.6) is 0 Å². The number of halogens is 2. The molecule has 1 unspecified atom stereocenters. The molecule has 0 fully saturated rings. The molecule has 1 rings (SSSR count). The molecule has 1 atom stereocenters. The third-order valence-electron chi connectivity index (χ3n) is 2.74. The largest absolute Gasteiger partial charge is 0.330 e. The van der Waals surface area contributed by atoms with Crippen molar-refractivity contribution in [2.75, 3.05) is 6.54 Å². The first-order valence-corrected chi connectivity index (χ1v) is 5.94. The Balaban J connectivity index is 2.82. The Morgan fingerprint density at radius 2 is 1.93 bits per heavy atom. The standard InChI is InChI=1S/C12H17Cl2N/c1-8(2)10(7-15)5-9-6-11(13)3-4-12(9)14/h3-4,6,8,10H,5,7,15H2,1-2H3. The summed E-state index contributed by atoms with van der Waals surface area (Å²) in [5.74, 6) is 1.02. The van der Waals surface area contributed by atoms with Crippen molar-refractivity contribution >= 4 is 23.2 Å². The monoisotopic (exact) mass is 245 g/mol. The normalized spacial score (nSPS) is 13.2. The Hall–Kier alpha value is -0.240. The molecule has 0 bridgehead atoms. The minimum Gasteiger partial charge on any atom is -0.330 e. The predicted molar refractivity (Wildman–Crippen MR) is 67.5 cm³/mol. The highest BCUT2D eigenvalue weighted by Gasteiger charge is 2.14. The summed E-state index contributed by atoms with van der Waals surface area (Å²) in [7, 11) is 0. The van der Waals surface area contributed by atoms with E-state index in [-0.39, 0.29) is 0 Å². The minimum absolute atomic E-state index is 0.459. The zero-order valence-corrected chi connectivity index (χ0v) is 10.6. The van der Waals surface area contributed by atoms with Gasteiger partial charge in [-0.15, -0.1) is 0 Å². The average Bonchev–Trinajstić information content (AvgIpc) is 2.18. The molecule has 84 valence electrons. The maximum Gasteiger partial charge on any atom is 0.0439 e. The van der Waals surface area contributed by atoms with Gasteiger partial charge in [0.2, 0.25) is 0 Å². The molecule has 0 radical (unpaired) electrons. The van der Waals surface area contributed by atoms with Crippen molar-refractivity contribution in [2.24, 2.45) is 17.6 Å². The molecule has 0 spiro atoms. The summed E-state index contributed by atoms with van der Waals surface area (Å²) in [5, 5.41) is 1.51. The summed E-state index contributed by atoms with van der Waals surface area (Å²) >= 11 is 12.0. The van der Waals surface area contributed by atoms with E-state index in [1.807, 2.05) is 12.1 Å². The highest BCUT2D eigenvalue weighted by Crippen LogP contribution is 2.25. The van der Waals surface area contributed by atoms with Gasteiger partial charge < -0.3 is 5.73 Å². The average molecular weight is 246 g/mol. The molecular formula is C12H17Cl2N. The molecule has 0 amide bonds. The maximum atomic E-state index is 6.10.